The van der Waals surface area contributed by atoms with Gasteiger partial charge in [0.25, 0.3) is 11.9 Å². The SMILES string of the molecule is C/C(=N\Nc1c(F)c(F)nc(F)c1F)c1ccc(Cl)c(Cl)c1Cl. The third-order valence-electron chi connectivity index (χ3n) is 2.76. The highest BCUT2D eigenvalue weighted by Gasteiger charge is 2.20. The number of anilines is 1. The van der Waals surface area contributed by atoms with Crippen LogP contribution in [0.25, 0.3) is 0 Å². The minimum absolute atomic E-state index is 0.0650. The Morgan fingerprint density at radius 3 is 2.13 bits per heavy atom. The second kappa shape index (κ2) is 6.90. The third-order valence-corrected chi connectivity index (χ3v) is 4.05. The van der Waals surface area contributed by atoms with E-state index in [1.165, 1.54) is 19.1 Å². The van der Waals surface area contributed by atoms with Crippen molar-refractivity contribution in [2.75, 3.05) is 5.43 Å². The minimum Gasteiger partial charge on any atom is -0.272 e. The fraction of sp³-hybridized carbons (Fsp3) is 0.0769. The van der Waals surface area contributed by atoms with E-state index in [0.29, 0.717) is 5.56 Å². The Hall–Kier alpha value is -1.57. The summed E-state index contributed by atoms with van der Waals surface area (Å²) in [7, 11) is 0. The number of rotatable bonds is 3. The highest BCUT2D eigenvalue weighted by molar-refractivity contribution is 6.49. The molecule has 0 atom stereocenters. The van der Waals surface area contributed by atoms with Gasteiger partial charge in [0.1, 0.15) is 5.69 Å². The Morgan fingerprint density at radius 1 is 1.00 bits per heavy atom. The molecule has 0 fully saturated rings. The number of hydrazone groups is 1. The summed E-state index contributed by atoms with van der Waals surface area (Å²) in [6, 6.07) is 2.91. The molecule has 0 saturated heterocycles. The number of nitrogens with one attached hydrogen (secondary N) is 1. The van der Waals surface area contributed by atoms with Crippen LogP contribution in [0.15, 0.2) is 17.2 Å². The van der Waals surface area contributed by atoms with Crippen LogP contribution >= 0.6 is 34.8 Å². The zero-order valence-electron chi connectivity index (χ0n) is 11.2. The largest absolute Gasteiger partial charge is 0.272 e. The molecule has 1 N–H and O–H groups in total. The Morgan fingerprint density at radius 2 is 1.57 bits per heavy atom. The lowest BCUT2D eigenvalue weighted by Crippen LogP contribution is -2.08. The Bertz CT molecular complexity index is 786. The van der Waals surface area contributed by atoms with E-state index in [1.54, 1.807) is 0 Å². The number of aromatic nitrogens is 1. The van der Waals surface area contributed by atoms with Gasteiger partial charge in [-0.15, -0.1) is 0 Å². The van der Waals surface area contributed by atoms with Gasteiger partial charge in [-0.05, 0) is 13.0 Å². The van der Waals surface area contributed by atoms with Crippen molar-refractivity contribution in [2.24, 2.45) is 5.10 Å². The van der Waals surface area contributed by atoms with Crippen molar-refractivity contribution >= 4 is 46.2 Å². The van der Waals surface area contributed by atoms with E-state index >= 15 is 0 Å². The van der Waals surface area contributed by atoms with E-state index in [4.69, 9.17) is 34.8 Å². The molecule has 2 rings (SSSR count). The monoisotopic (exact) mass is 385 g/mol. The summed E-state index contributed by atoms with van der Waals surface area (Å²) >= 11 is 17.6. The number of pyridine rings is 1. The molecule has 2 aromatic rings. The quantitative estimate of drug-likeness (QED) is 0.251. The Kier molecular flexibility index (Phi) is 5.33. The molecule has 0 amide bonds. The van der Waals surface area contributed by atoms with E-state index in [2.05, 4.69) is 10.1 Å². The van der Waals surface area contributed by atoms with Gasteiger partial charge in [0, 0.05) is 5.56 Å². The van der Waals surface area contributed by atoms with Gasteiger partial charge < -0.3 is 0 Å². The maximum Gasteiger partial charge on any atom is 0.254 e. The molecule has 0 unspecified atom stereocenters. The first kappa shape index (κ1) is 17.8. The number of benzene rings is 1. The second-order valence-electron chi connectivity index (χ2n) is 4.23. The lowest BCUT2D eigenvalue weighted by atomic mass is 10.1. The summed E-state index contributed by atoms with van der Waals surface area (Å²) in [6.45, 7) is 1.43. The van der Waals surface area contributed by atoms with Crippen molar-refractivity contribution in [1.29, 1.82) is 0 Å². The molecule has 10 heteroatoms. The summed E-state index contributed by atoms with van der Waals surface area (Å²) in [4.78, 5) is 2.43. The summed E-state index contributed by atoms with van der Waals surface area (Å²) in [5.74, 6) is -7.01. The van der Waals surface area contributed by atoms with Crippen LogP contribution in [0.1, 0.15) is 12.5 Å². The molecule has 0 aliphatic carbocycles. The fourth-order valence-corrected chi connectivity index (χ4v) is 2.26. The Balaban J connectivity index is 2.40. The van der Waals surface area contributed by atoms with Crippen LogP contribution in [0.3, 0.4) is 0 Å². The zero-order valence-corrected chi connectivity index (χ0v) is 13.5. The molecular weight excluding hydrogens is 381 g/mol. The average Bonchev–Trinajstić information content (AvgIpc) is 2.50. The van der Waals surface area contributed by atoms with E-state index in [1.807, 2.05) is 5.43 Å². The normalized spacial score (nSPS) is 11.7. The van der Waals surface area contributed by atoms with Crippen LogP contribution < -0.4 is 5.43 Å². The van der Waals surface area contributed by atoms with Crippen molar-refractivity contribution in [3.05, 3.63) is 56.3 Å². The van der Waals surface area contributed by atoms with Crippen LogP contribution in [-0.2, 0) is 0 Å². The lowest BCUT2D eigenvalue weighted by Gasteiger charge is -2.09. The van der Waals surface area contributed by atoms with Gasteiger partial charge in [-0.25, -0.2) is 0 Å². The third kappa shape index (κ3) is 3.52. The molecule has 1 heterocycles. The molecular formula is C13H6Cl3F4N3. The lowest BCUT2D eigenvalue weighted by molar-refractivity contribution is 0.411. The first-order valence-electron chi connectivity index (χ1n) is 5.88. The minimum atomic E-state index is -1.80. The molecule has 0 aliphatic heterocycles. The van der Waals surface area contributed by atoms with E-state index in [-0.39, 0.29) is 20.8 Å². The fourth-order valence-electron chi connectivity index (χ4n) is 1.59. The highest BCUT2D eigenvalue weighted by Crippen LogP contribution is 2.33. The van der Waals surface area contributed by atoms with Crippen LogP contribution in [-0.4, -0.2) is 10.7 Å². The summed E-state index contributed by atoms with van der Waals surface area (Å²) in [5, 5.41) is 3.98. The smallest absolute Gasteiger partial charge is 0.254 e. The molecule has 3 nitrogen and oxygen atoms in total. The van der Waals surface area contributed by atoms with Gasteiger partial charge in [-0.2, -0.15) is 27.6 Å². The predicted octanol–water partition coefficient (Wildman–Crippen LogP) is 5.43. The van der Waals surface area contributed by atoms with Gasteiger partial charge in [0.2, 0.25) is 11.6 Å². The molecule has 0 bridgehead atoms. The van der Waals surface area contributed by atoms with E-state index in [0.717, 1.165) is 0 Å². The van der Waals surface area contributed by atoms with Crippen LogP contribution in [0.5, 0.6) is 0 Å². The second-order valence-corrected chi connectivity index (χ2v) is 5.39. The van der Waals surface area contributed by atoms with E-state index in [9.17, 15) is 17.6 Å². The molecule has 0 radical (unpaired) electrons. The Labute approximate surface area is 142 Å². The number of halogens is 7. The first-order chi connectivity index (χ1) is 10.7. The van der Waals surface area contributed by atoms with Gasteiger partial charge >= 0.3 is 0 Å². The standard InChI is InChI=1S/C13H6Cl3F4N3/c1-4(5-2-3-6(14)8(16)7(5)15)22-23-11-9(17)12(19)21-13(20)10(11)18/h2-3H,1H3,(H,21,23)/b22-4+. The number of hydrogen-bond acceptors (Lipinski definition) is 3. The van der Waals surface area contributed by atoms with Crippen molar-refractivity contribution in [1.82, 2.24) is 4.98 Å². The molecule has 23 heavy (non-hydrogen) atoms. The van der Waals surface area contributed by atoms with E-state index < -0.39 is 29.2 Å². The number of hydrogen-bond donors (Lipinski definition) is 1. The molecule has 1 aromatic heterocycles. The maximum atomic E-state index is 13.5. The topological polar surface area (TPSA) is 37.3 Å². The van der Waals surface area contributed by atoms with Gasteiger partial charge in [-0.3, -0.25) is 5.43 Å². The summed E-state index contributed by atoms with van der Waals surface area (Å²) in [6.07, 6.45) is 0. The van der Waals surface area contributed by atoms with Crippen molar-refractivity contribution < 1.29 is 17.6 Å². The van der Waals surface area contributed by atoms with Crippen molar-refractivity contribution in [2.45, 2.75) is 6.92 Å². The predicted molar refractivity (Wildman–Crippen MR) is 81.4 cm³/mol. The molecule has 122 valence electrons. The van der Waals surface area contributed by atoms with Crippen LogP contribution in [0, 0.1) is 23.5 Å². The number of nitrogens with zero attached hydrogens (tertiary/aromatic N) is 2. The molecule has 0 saturated carbocycles. The average molecular weight is 387 g/mol. The highest BCUT2D eigenvalue weighted by atomic mass is 35.5. The van der Waals surface area contributed by atoms with Gasteiger partial charge in [-0.1, -0.05) is 40.9 Å². The van der Waals surface area contributed by atoms with Gasteiger partial charge in [0.05, 0.1) is 20.8 Å². The molecule has 1 aromatic carbocycles. The summed E-state index contributed by atoms with van der Waals surface area (Å²) in [5.41, 5.74) is 1.24. The van der Waals surface area contributed by atoms with Crippen molar-refractivity contribution in [3.8, 4) is 0 Å². The van der Waals surface area contributed by atoms with Crippen LogP contribution in [0.2, 0.25) is 15.1 Å². The van der Waals surface area contributed by atoms with Crippen molar-refractivity contribution in [3.63, 3.8) is 0 Å². The first-order valence-corrected chi connectivity index (χ1v) is 7.01. The molecule has 0 spiro atoms. The van der Waals surface area contributed by atoms with Crippen LogP contribution in [0.4, 0.5) is 23.2 Å². The zero-order chi connectivity index (χ0) is 17.3. The maximum absolute atomic E-state index is 13.5. The van der Waals surface area contributed by atoms with Gasteiger partial charge in [0.15, 0.2) is 0 Å². The molecule has 0 aliphatic rings. The summed E-state index contributed by atoms with van der Waals surface area (Å²) < 4.78 is 52.9.